The maximum atomic E-state index is 12.3. The number of ether oxygens (including phenoxy) is 2. The van der Waals surface area contributed by atoms with Gasteiger partial charge < -0.3 is 9.47 Å². The Hall–Kier alpha value is -4.60. The van der Waals surface area contributed by atoms with Gasteiger partial charge in [0.15, 0.2) is 0 Å². The Labute approximate surface area is 168 Å². The number of nitro groups is 2. The number of nitro benzene ring substituents is 2. The summed E-state index contributed by atoms with van der Waals surface area (Å²) >= 11 is 0. The second-order valence-electron chi connectivity index (χ2n) is 5.86. The van der Waals surface area contributed by atoms with Gasteiger partial charge in [0, 0.05) is 24.3 Å². The Balaban J connectivity index is 1.69. The quantitative estimate of drug-likeness (QED) is 0.259. The van der Waals surface area contributed by atoms with E-state index in [1.165, 1.54) is 72.8 Å². The Morgan fingerprint density at radius 1 is 0.633 bits per heavy atom. The predicted octanol–water partition coefficient (Wildman–Crippen LogP) is 3.94. The van der Waals surface area contributed by atoms with E-state index in [-0.39, 0.29) is 34.0 Å². The molecule has 30 heavy (non-hydrogen) atoms. The first-order chi connectivity index (χ1) is 14.3. The Morgan fingerprint density at radius 2 is 1.00 bits per heavy atom. The Morgan fingerprint density at radius 3 is 1.33 bits per heavy atom. The highest BCUT2D eigenvalue weighted by molar-refractivity contribution is 5.96. The lowest BCUT2D eigenvalue weighted by Gasteiger charge is -2.07. The molecule has 0 amide bonds. The number of hydrogen-bond donors (Lipinski definition) is 0. The molecule has 0 saturated carbocycles. The van der Waals surface area contributed by atoms with Crippen LogP contribution in [0.1, 0.15) is 20.7 Å². The molecule has 0 aliphatic heterocycles. The van der Waals surface area contributed by atoms with Crippen molar-refractivity contribution in [3.63, 3.8) is 0 Å². The second kappa shape index (κ2) is 8.61. The van der Waals surface area contributed by atoms with E-state index in [1.54, 1.807) is 0 Å². The van der Waals surface area contributed by atoms with Gasteiger partial charge in [0.2, 0.25) is 0 Å². The molecule has 10 heteroatoms. The number of non-ortho nitro benzene ring substituents is 2. The van der Waals surface area contributed by atoms with Gasteiger partial charge in [-0.15, -0.1) is 0 Å². The van der Waals surface area contributed by atoms with Gasteiger partial charge in [-0.1, -0.05) is 6.07 Å². The topological polar surface area (TPSA) is 139 Å². The molecule has 0 aliphatic rings. The normalized spacial score (nSPS) is 10.1. The first kappa shape index (κ1) is 20.1. The van der Waals surface area contributed by atoms with Crippen LogP contribution in [-0.2, 0) is 0 Å². The van der Waals surface area contributed by atoms with E-state index >= 15 is 0 Å². The molecule has 0 aliphatic carbocycles. The summed E-state index contributed by atoms with van der Waals surface area (Å²) in [7, 11) is 0. The Bertz CT molecular complexity index is 1040. The van der Waals surface area contributed by atoms with Gasteiger partial charge in [0.25, 0.3) is 11.4 Å². The monoisotopic (exact) mass is 408 g/mol. The van der Waals surface area contributed by atoms with Crippen LogP contribution in [-0.4, -0.2) is 21.8 Å². The van der Waals surface area contributed by atoms with E-state index in [2.05, 4.69) is 0 Å². The van der Waals surface area contributed by atoms with Crippen LogP contribution in [0, 0.1) is 20.2 Å². The molecule has 3 aromatic rings. The molecule has 150 valence electrons. The van der Waals surface area contributed by atoms with Crippen LogP contribution in [0.2, 0.25) is 0 Å². The maximum absolute atomic E-state index is 12.3. The van der Waals surface area contributed by atoms with Gasteiger partial charge in [-0.2, -0.15) is 0 Å². The summed E-state index contributed by atoms with van der Waals surface area (Å²) in [5.74, 6) is -1.34. The molecule has 0 bridgehead atoms. The zero-order valence-electron chi connectivity index (χ0n) is 15.1. The minimum absolute atomic E-state index is 0.0616. The summed E-state index contributed by atoms with van der Waals surface area (Å²) in [5.41, 5.74) is -0.172. The van der Waals surface area contributed by atoms with Crippen LogP contribution in [0.4, 0.5) is 11.4 Å². The molecule has 0 radical (unpaired) electrons. The van der Waals surface area contributed by atoms with Crippen molar-refractivity contribution in [2.75, 3.05) is 0 Å². The predicted molar refractivity (Wildman–Crippen MR) is 103 cm³/mol. The van der Waals surface area contributed by atoms with Crippen LogP contribution >= 0.6 is 0 Å². The van der Waals surface area contributed by atoms with E-state index in [4.69, 9.17) is 9.47 Å². The second-order valence-corrected chi connectivity index (χ2v) is 5.86. The van der Waals surface area contributed by atoms with E-state index in [0.717, 1.165) is 0 Å². The molecule has 3 aromatic carbocycles. The van der Waals surface area contributed by atoms with E-state index in [1.807, 2.05) is 0 Å². The Kier molecular flexibility index (Phi) is 5.78. The smallest absolute Gasteiger partial charge is 0.343 e. The van der Waals surface area contributed by atoms with E-state index in [9.17, 15) is 29.8 Å². The molecular formula is C20H12N2O8. The SMILES string of the molecule is O=C(Oc1ccc([N+](=O)[O-])cc1)c1cccc(C(=O)Oc2ccc([N+](=O)[O-])cc2)c1. The summed E-state index contributed by atoms with van der Waals surface area (Å²) < 4.78 is 10.3. The van der Waals surface area contributed by atoms with Crippen molar-refractivity contribution in [3.8, 4) is 11.5 Å². The van der Waals surface area contributed by atoms with Crippen molar-refractivity contribution in [1.82, 2.24) is 0 Å². The third-order valence-corrected chi connectivity index (χ3v) is 3.85. The molecular weight excluding hydrogens is 396 g/mol. The summed E-state index contributed by atoms with van der Waals surface area (Å²) in [6.45, 7) is 0. The fourth-order valence-electron chi connectivity index (χ4n) is 2.38. The van der Waals surface area contributed by atoms with Crippen molar-refractivity contribution < 1.29 is 28.9 Å². The summed E-state index contributed by atoms with van der Waals surface area (Å²) in [6, 6.07) is 15.5. The van der Waals surface area contributed by atoms with Crippen molar-refractivity contribution in [2.45, 2.75) is 0 Å². The van der Waals surface area contributed by atoms with Crippen molar-refractivity contribution >= 4 is 23.3 Å². The van der Waals surface area contributed by atoms with Crippen LogP contribution in [0.25, 0.3) is 0 Å². The van der Waals surface area contributed by atoms with E-state index in [0.29, 0.717) is 0 Å². The molecule has 0 spiro atoms. The first-order valence-corrected chi connectivity index (χ1v) is 8.37. The average molecular weight is 408 g/mol. The zero-order chi connectivity index (χ0) is 21.7. The fourth-order valence-corrected chi connectivity index (χ4v) is 2.38. The van der Waals surface area contributed by atoms with Crippen LogP contribution < -0.4 is 9.47 Å². The largest absolute Gasteiger partial charge is 0.423 e. The van der Waals surface area contributed by atoms with Gasteiger partial charge in [-0.05, 0) is 42.5 Å². The molecule has 0 atom stereocenters. The highest BCUT2D eigenvalue weighted by Crippen LogP contribution is 2.20. The number of carbonyl (C=O) groups is 2. The molecule has 0 aromatic heterocycles. The standard InChI is InChI=1S/C20H12N2O8/c23-19(29-17-8-4-15(5-9-17)21(25)26)13-2-1-3-14(12-13)20(24)30-18-10-6-16(7-11-18)22(27)28/h1-12H. The number of hydrogen-bond acceptors (Lipinski definition) is 8. The lowest BCUT2D eigenvalue weighted by molar-refractivity contribution is -0.385. The molecule has 0 unspecified atom stereocenters. The average Bonchev–Trinajstić information content (AvgIpc) is 2.74. The number of rotatable bonds is 6. The molecule has 0 N–H and O–H groups in total. The van der Waals surface area contributed by atoms with Gasteiger partial charge in [0.05, 0.1) is 21.0 Å². The fraction of sp³-hybridized carbons (Fsp3) is 0. The van der Waals surface area contributed by atoms with Crippen molar-refractivity contribution in [3.05, 3.63) is 104 Å². The van der Waals surface area contributed by atoms with Crippen LogP contribution in [0.15, 0.2) is 72.8 Å². The molecule has 0 fully saturated rings. The summed E-state index contributed by atoms with van der Waals surface area (Å²) in [6.07, 6.45) is 0. The summed E-state index contributed by atoms with van der Waals surface area (Å²) in [5, 5.41) is 21.3. The summed E-state index contributed by atoms with van der Waals surface area (Å²) in [4.78, 5) is 44.8. The number of benzene rings is 3. The lowest BCUT2D eigenvalue weighted by atomic mass is 10.1. The van der Waals surface area contributed by atoms with Crippen molar-refractivity contribution in [1.29, 1.82) is 0 Å². The molecule has 3 rings (SSSR count). The molecule has 0 saturated heterocycles. The third kappa shape index (κ3) is 4.81. The van der Waals surface area contributed by atoms with Gasteiger partial charge in [-0.3, -0.25) is 20.2 Å². The minimum atomic E-state index is -0.770. The maximum Gasteiger partial charge on any atom is 0.343 e. The minimum Gasteiger partial charge on any atom is -0.423 e. The number of carbonyl (C=O) groups excluding carboxylic acids is 2. The van der Waals surface area contributed by atoms with Gasteiger partial charge in [0.1, 0.15) is 11.5 Å². The number of nitrogens with zero attached hydrogens (tertiary/aromatic N) is 2. The lowest BCUT2D eigenvalue weighted by Crippen LogP contribution is -2.12. The van der Waals surface area contributed by atoms with Gasteiger partial charge >= 0.3 is 11.9 Å². The highest BCUT2D eigenvalue weighted by Gasteiger charge is 2.15. The van der Waals surface area contributed by atoms with Crippen molar-refractivity contribution in [2.24, 2.45) is 0 Å². The molecule has 0 heterocycles. The first-order valence-electron chi connectivity index (χ1n) is 8.37. The third-order valence-electron chi connectivity index (χ3n) is 3.85. The van der Waals surface area contributed by atoms with Gasteiger partial charge in [-0.25, -0.2) is 9.59 Å². The van der Waals surface area contributed by atoms with E-state index < -0.39 is 21.8 Å². The van der Waals surface area contributed by atoms with Crippen LogP contribution in [0.5, 0.6) is 11.5 Å². The van der Waals surface area contributed by atoms with Crippen LogP contribution in [0.3, 0.4) is 0 Å². The zero-order valence-corrected chi connectivity index (χ0v) is 15.1. The highest BCUT2D eigenvalue weighted by atomic mass is 16.6. The number of esters is 2. The molecule has 10 nitrogen and oxygen atoms in total.